The number of ether oxygens (including phenoxy) is 1. The van der Waals surface area contributed by atoms with E-state index in [1.807, 2.05) is 13.0 Å². The lowest BCUT2D eigenvalue weighted by molar-refractivity contribution is -0.142. The van der Waals surface area contributed by atoms with Crippen LogP contribution in [0.2, 0.25) is 0 Å². The minimum atomic E-state index is -1.01. The Labute approximate surface area is 110 Å². The molecule has 1 rings (SSSR count). The van der Waals surface area contributed by atoms with Gasteiger partial charge in [-0.05, 0) is 25.0 Å². The van der Waals surface area contributed by atoms with Crippen LogP contribution in [-0.4, -0.2) is 36.7 Å². The molecule has 0 saturated carbocycles. The molecular formula is C12H17NO4S. The molecule has 0 spiro atoms. The van der Waals surface area contributed by atoms with E-state index in [4.69, 9.17) is 9.84 Å². The molecule has 0 aliphatic carbocycles. The minimum Gasteiger partial charge on any atom is -0.480 e. The predicted molar refractivity (Wildman–Crippen MR) is 69.2 cm³/mol. The lowest BCUT2D eigenvalue weighted by atomic mass is 10.2. The predicted octanol–water partition coefficient (Wildman–Crippen LogP) is 1.45. The summed E-state index contributed by atoms with van der Waals surface area (Å²) in [6.45, 7) is 4.21. The van der Waals surface area contributed by atoms with Gasteiger partial charge in [-0.2, -0.15) is 0 Å². The Balaban J connectivity index is 2.34. The van der Waals surface area contributed by atoms with Crippen molar-refractivity contribution < 1.29 is 19.4 Å². The molecule has 6 heteroatoms. The molecule has 0 bridgehead atoms. The summed E-state index contributed by atoms with van der Waals surface area (Å²) in [6.07, 6.45) is 0.922. The molecule has 0 saturated heterocycles. The Morgan fingerprint density at radius 2 is 2.22 bits per heavy atom. The number of carbonyl (C=O) groups is 2. The highest BCUT2D eigenvalue weighted by atomic mass is 32.1. The van der Waals surface area contributed by atoms with Gasteiger partial charge in [-0.1, -0.05) is 6.92 Å². The van der Waals surface area contributed by atoms with Gasteiger partial charge in [0.2, 0.25) is 0 Å². The van der Waals surface area contributed by atoms with Crippen LogP contribution >= 0.6 is 11.3 Å². The van der Waals surface area contributed by atoms with E-state index in [0.717, 1.165) is 12.0 Å². The van der Waals surface area contributed by atoms with Crippen LogP contribution in [-0.2, 0) is 16.0 Å². The van der Waals surface area contributed by atoms with Crippen LogP contribution in [0.15, 0.2) is 6.07 Å². The van der Waals surface area contributed by atoms with Gasteiger partial charge in [0, 0.05) is 11.4 Å². The van der Waals surface area contributed by atoms with Crippen LogP contribution in [0.1, 0.15) is 27.0 Å². The first-order chi connectivity index (χ1) is 8.54. The summed E-state index contributed by atoms with van der Waals surface area (Å²) in [5, 5.41) is 11.0. The van der Waals surface area contributed by atoms with Crippen LogP contribution in [0.4, 0.5) is 0 Å². The molecular weight excluding hydrogens is 254 g/mol. The second-order valence-corrected chi connectivity index (χ2v) is 4.91. The Bertz CT molecular complexity index is 428. The van der Waals surface area contributed by atoms with Gasteiger partial charge in [-0.3, -0.25) is 4.79 Å². The first-order valence-electron chi connectivity index (χ1n) is 5.71. The van der Waals surface area contributed by atoms with Gasteiger partial charge in [0.05, 0.1) is 11.5 Å². The maximum absolute atomic E-state index is 11.8. The third kappa shape index (κ3) is 4.46. The highest BCUT2D eigenvalue weighted by molar-refractivity contribution is 7.14. The number of hydrogen-bond acceptors (Lipinski definition) is 4. The molecule has 0 fully saturated rings. The fourth-order valence-corrected chi connectivity index (χ4v) is 2.50. The Morgan fingerprint density at radius 3 is 2.78 bits per heavy atom. The van der Waals surface area contributed by atoms with Crippen molar-refractivity contribution >= 4 is 23.2 Å². The zero-order chi connectivity index (χ0) is 13.5. The van der Waals surface area contributed by atoms with Crippen LogP contribution in [0.3, 0.4) is 0 Å². The molecule has 0 radical (unpaired) electrons. The van der Waals surface area contributed by atoms with E-state index < -0.39 is 5.97 Å². The summed E-state index contributed by atoms with van der Waals surface area (Å²) in [4.78, 5) is 23.8. The van der Waals surface area contributed by atoms with Crippen LogP contribution < -0.4 is 5.32 Å². The van der Waals surface area contributed by atoms with Gasteiger partial charge in [0.1, 0.15) is 6.61 Å². The minimum absolute atomic E-state index is 0.137. The lowest BCUT2D eigenvalue weighted by Crippen LogP contribution is -2.27. The third-order valence-electron chi connectivity index (χ3n) is 2.32. The van der Waals surface area contributed by atoms with E-state index in [2.05, 4.69) is 12.2 Å². The smallest absolute Gasteiger partial charge is 0.329 e. The molecule has 1 heterocycles. The molecule has 0 atom stereocenters. The molecule has 0 aromatic carbocycles. The van der Waals surface area contributed by atoms with E-state index in [-0.39, 0.29) is 19.1 Å². The number of thiophene rings is 1. The fraction of sp³-hybridized carbons (Fsp3) is 0.500. The molecule has 1 aromatic heterocycles. The Kier molecular flexibility index (Phi) is 5.80. The largest absolute Gasteiger partial charge is 0.480 e. The highest BCUT2D eigenvalue weighted by Crippen LogP contribution is 2.21. The van der Waals surface area contributed by atoms with Gasteiger partial charge >= 0.3 is 5.97 Å². The van der Waals surface area contributed by atoms with E-state index in [1.165, 1.54) is 16.2 Å². The highest BCUT2D eigenvalue weighted by Gasteiger charge is 2.10. The third-order valence-corrected chi connectivity index (χ3v) is 3.70. The molecule has 1 aromatic rings. The van der Waals surface area contributed by atoms with Crippen molar-refractivity contribution in [1.29, 1.82) is 0 Å². The average Bonchev–Trinajstić information content (AvgIpc) is 2.69. The fourth-order valence-electron chi connectivity index (χ4n) is 1.47. The van der Waals surface area contributed by atoms with Crippen molar-refractivity contribution in [3.8, 4) is 0 Å². The maximum atomic E-state index is 11.8. The summed E-state index contributed by atoms with van der Waals surface area (Å²) in [7, 11) is 0. The number of carboxylic acid groups (broad SMARTS) is 1. The number of aliphatic carboxylic acids is 1. The zero-order valence-electron chi connectivity index (χ0n) is 10.5. The molecule has 100 valence electrons. The van der Waals surface area contributed by atoms with Crippen LogP contribution in [0.5, 0.6) is 0 Å². The second kappa shape index (κ2) is 7.13. The van der Waals surface area contributed by atoms with Gasteiger partial charge in [0.25, 0.3) is 5.91 Å². The maximum Gasteiger partial charge on any atom is 0.329 e. The Hall–Kier alpha value is -1.40. The van der Waals surface area contributed by atoms with Crippen molar-refractivity contribution in [2.24, 2.45) is 0 Å². The van der Waals surface area contributed by atoms with Gasteiger partial charge < -0.3 is 15.2 Å². The van der Waals surface area contributed by atoms with Crippen LogP contribution in [0.25, 0.3) is 0 Å². The SMILES string of the molecule is CCc1sc(C(=O)NCCOCC(=O)O)cc1C. The summed E-state index contributed by atoms with van der Waals surface area (Å²) >= 11 is 1.49. The summed E-state index contributed by atoms with van der Waals surface area (Å²) in [5.74, 6) is -1.15. The van der Waals surface area contributed by atoms with Crippen LogP contribution in [0, 0.1) is 6.92 Å². The quantitative estimate of drug-likeness (QED) is 0.736. The number of rotatable bonds is 7. The van der Waals surface area contributed by atoms with Crippen molar-refractivity contribution in [3.05, 3.63) is 21.4 Å². The molecule has 5 nitrogen and oxygen atoms in total. The molecule has 1 amide bonds. The average molecular weight is 271 g/mol. The van der Waals surface area contributed by atoms with Crippen molar-refractivity contribution in [3.63, 3.8) is 0 Å². The van der Waals surface area contributed by atoms with Gasteiger partial charge in [-0.15, -0.1) is 11.3 Å². The molecule has 0 aliphatic heterocycles. The van der Waals surface area contributed by atoms with Crippen molar-refractivity contribution in [2.45, 2.75) is 20.3 Å². The standard InChI is InChI=1S/C12H17NO4S/c1-3-9-8(2)6-10(18-9)12(16)13-4-5-17-7-11(14)15/h6H,3-5,7H2,1-2H3,(H,13,16)(H,14,15). The number of nitrogens with one attached hydrogen (secondary N) is 1. The number of amides is 1. The normalized spacial score (nSPS) is 10.3. The molecule has 0 unspecified atom stereocenters. The number of carbonyl (C=O) groups excluding carboxylic acids is 1. The monoisotopic (exact) mass is 271 g/mol. The summed E-state index contributed by atoms with van der Waals surface area (Å²) in [5.41, 5.74) is 1.13. The van der Waals surface area contributed by atoms with E-state index in [1.54, 1.807) is 0 Å². The van der Waals surface area contributed by atoms with Crippen molar-refractivity contribution in [1.82, 2.24) is 5.32 Å². The Morgan fingerprint density at radius 1 is 1.50 bits per heavy atom. The summed E-state index contributed by atoms with van der Waals surface area (Å²) < 4.78 is 4.82. The topological polar surface area (TPSA) is 75.6 Å². The number of aryl methyl sites for hydroxylation is 2. The zero-order valence-corrected chi connectivity index (χ0v) is 11.3. The van der Waals surface area contributed by atoms with Gasteiger partial charge in [-0.25, -0.2) is 4.79 Å². The molecule has 2 N–H and O–H groups in total. The van der Waals surface area contributed by atoms with E-state index in [9.17, 15) is 9.59 Å². The van der Waals surface area contributed by atoms with E-state index >= 15 is 0 Å². The molecule has 0 aliphatic rings. The second-order valence-electron chi connectivity index (χ2n) is 3.77. The first-order valence-corrected chi connectivity index (χ1v) is 6.53. The van der Waals surface area contributed by atoms with E-state index in [0.29, 0.717) is 11.4 Å². The van der Waals surface area contributed by atoms with Gasteiger partial charge in [0.15, 0.2) is 0 Å². The number of carboxylic acids is 1. The molecule has 18 heavy (non-hydrogen) atoms. The van der Waals surface area contributed by atoms with Crippen molar-refractivity contribution in [2.75, 3.05) is 19.8 Å². The number of hydrogen-bond donors (Lipinski definition) is 2. The summed E-state index contributed by atoms with van der Waals surface area (Å²) in [6, 6.07) is 1.87. The first kappa shape index (κ1) is 14.7. The lowest BCUT2D eigenvalue weighted by Gasteiger charge is -2.03.